The molecule has 22 heavy (non-hydrogen) atoms. The summed E-state index contributed by atoms with van der Waals surface area (Å²) < 4.78 is 10.3. The summed E-state index contributed by atoms with van der Waals surface area (Å²) in [6.45, 7) is 0.282. The largest absolute Gasteiger partial charge is 0.428 e. The van der Waals surface area contributed by atoms with E-state index < -0.39 is 5.97 Å². The second-order valence-corrected chi connectivity index (χ2v) is 4.58. The molecule has 108 valence electrons. The number of esters is 1. The van der Waals surface area contributed by atoms with Gasteiger partial charge in [0.1, 0.15) is 17.1 Å². The SMILES string of the molecule is O=COc1ccccc1C(=O)Oc1cccc2ccccc12. The third-order valence-electron chi connectivity index (χ3n) is 3.23. The Morgan fingerprint density at radius 2 is 1.50 bits per heavy atom. The second-order valence-electron chi connectivity index (χ2n) is 4.58. The molecule has 0 amide bonds. The van der Waals surface area contributed by atoms with Gasteiger partial charge < -0.3 is 9.47 Å². The van der Waals surface area contributed by atoms with Crippen molar-refractivity contribution in [3.63, 3.8) is 0 Å². The molecule has 0 fully saturated rings. The van der Waals surface area contributed by atoms with Crippen molar-refractivity contribution in [1.82, 2.24) is 0 Å². The number of ether oxygens (including phenoxy) is 2. The number of para-hydroxylation sites is 1. The van der Waals surface area contributed by atoms with Gasteiger partial charge in [-0.15, -0.1) is 0 Å². The van der Waals surface area contributed by atoms with Crippen molar-refractivity contribution in [3.8, 4) is 11.5 Å². The van der Waals surface area contributed by atoms with Gasteiger partial charge in [-0.25, -0.2) is 4.79 Å². The van der Waals surface area contributed by atoms with Crippen LogP contribution in [-0.4, -0.2) is 12.4 Å². The predicted molar refractivity (Wildman–Crippen MR) is 82.0 cm³/mol. The van der Waals surface area contributed by atoms with Crippen LogP contribution in [0.5, 0.6) is 11.5 Å². The fraction of sp³-hybridized carbons (Fsp3) is 0. The maximum atomic E-state index is 12.3. The minimum Gasteiger partial charge on any atom is -0.428 e. The van der Waals surface area contributed by atoms with E-state index in [-0.39, 0.29) is 17.8 Å². The van der Waals surface area contributed by atoms with Crippen LogP contribution in [0.25, 0.3) is 10.8 Å². The number of hydrogen-bond acceptors (Lipinski definition) is 4. The lowest BCUT2D eigenvalue weighted by Crippen LogP contribution is -2.10. The van der Waals surface area contributed by atoms with Crippen molar-refractivity contribution in [2.24, 2.45) is 0 Å². The quantitative estimate of drug-likeness (QED) is 0.419. The highest BCUT2D eigenvalue weighted by atomic mass is 16.5. The van der Waals surface area contributed by atoms with E-state index in [4.69, 9.17) is 9.47 Å². The molecule has 0 saturated carbocycles. The van der Waals surface area contributed by atoms with Crippen LogP contribution in [0.1, 0.15) is 10.4 Å². The van der Waals surface area contributed by atoms with E-state index in [0.29, 0.717) is 5.75 Å². The average Bonchev–Trinajstić information content (AvgIpc) is 2.56. The van der Waals surface area contributed by atoms with E-state index >= 15 is 0 Å². The summed E-state index contributed by atoms with van der Waals surface area (Å²) in [5.74, 6) is 0.0561. The van der Waals surface area contributed by atoms with Crippen molar-refractivity contribution >= 4 is 23.2 Å². The van der Waals surface area contributed by atoms with Crippen molar-refractivity contribution in [1.29, 1.82) is 0 Å². The summed E-state index contributed by atoms with van der Waals surface area (Å²) in [5, 5.41) is 1.82. The monoisotopic (exact) mass is 292 g/mol. The highest BCUT2D eigenvalue weighted by Crippen LogP contribution is 2.27. The first kappa shape index (κ1) is 13.8. The van der Waals surface area contributed by atoms with Gasteiger partial charge in [0.15, 0.2) is 0 Å². The second kappa shape index (κ2) is 6.10. The molecular weight excluding hydrogens is 280 g/mol. The summed E-state index contributed by atoms with van der Waals surface area (Å²) in [6.07, 6.45) is 0. The third kappa shape index (κ3) is 2.67. The molecule has 0 spiro atoms. The maximum Gasteiger partial charge on any atom is 0.347 e. The lowest BCUT2D eigenvalue weighted by atomic mass is 10.1. The van der Waals surface area contributed by atoms with Crippen molar-refractivity contribution < 1.29 is 19.1 Å². The van der Waals surface area contributed by atoms with Crippen LogP contribution in [0.3, 0.4) is 0 Å². The van der Waals surface area contributed by atoms with Crippen molar-refractivity contribution in [3.05, 3.63) is 72.3 Å². The van der Waals surface area contributed by atoms with Gasteiger partial charge in [0.2, 0.25) is 0 Å². The molecule has 0 unspecified atom stereocenters. The van der Waals surface area contributed by atoms with Gasteiger partial charge in [-0.2, -0.15) is 0 Å². The summed E-state index contributed by atoms with van der Waals surface area (Å²) in [6, 6.07) is 19.5. The molecule has 4 nitrogen and oxygen atoms in total. The molecule has 0 radical (unpaired) electrons. The molecule has 3 aromatic rings. The molecule has 3 aromatic carbocycles. The molecule has 0 aliphatic rings. The summed E-state index contributed by atoms with van der Waals surface area (Å²) in [7, 11) is 0. The molecule has 3 rings (SSSR count). The zero-order valence-electron chi connectivity index (χ0n) is 11.6. The molecule has 0 saturated heterocycles. The lowest BCUT2D eigenvalue weighted by Gasteiger charge is -2.09. The minimum atomic E-state index is -0.575. The molecule has 0 bridgehead atoms. The average molecular weight is 292 g/mol. The van der Waals surface area contributed by atoms with E-state index in [0.717, 1.165) is 10.8 Å². The Balaban J connectivity index is 1.95. The van der Waals surface area contributed by atoms with E-state index in [1.807, 2.05) is 36.4 Å². The molecule has 0 heterocycles. The maximum absolute atomic E-state index is 12.3. The number of fused-ring (bicyclic) bond motifs is 1. The Labute approximate surface area is 126 Å². The highest BCUT2D eigenvalue weighted by molar-refractivity contribution is 5.97. The number of carbonyl (C=O) groups is 2. The van der Waals surface area contributed by atoms with Gasteiger partial charge in [-0.1, -0.05) is 48.5 Å². The predicted octanol–water partition coefficient (Wildman–Crippen LogP) is 3.59. The first-order valence-electron chi connectivity index (χ1n) is 6.69. The number of carbonyl (C=O) groups excluding carboxylic acids is 2. The Morgan fingerprint density at radius 1 is 0.818 bits per heavy atom. The zero-order chi connectivity index (χ0) is 15.4. The number of rotatable bonds is 4. The first-order chi connectivity index (χ1) is 10.8. The van der Waals surface area contributed by atoms with Gasteiger partial charge in [-0.05, 0) is 23.6 Å². The van der Waals surface area contributed by atoms with Crippen LogP contribution < -0.4 is 9.47 Å². The fourth-order valence-corrected chi connectivity index (χ4v) is 2.23. The Hall–Kier alpha value is -3.14. The van der Waals surface area contributed by atoms with Gasteiger partial charge in [0, 0.05) is 5.39 Å². The Bertz CT molecular complexity index is 834. The van der Waals surface area contributed by atoms with Crippen LogP contribution in [0.4, 0.5) is 0 Å². The molecule has 0 aliphatic carbocycles. The van der Waals surface area contributed by atoms with Crippen LogP contribution in [0.15, 0.2) is 66.7 Å². The number of benzene rings is 3. The topological polar surface area (TPSA) is 52.6 Å². The number of hydrogen-bond donors (Lipinski definition) is 0. The van der Waals surface area contributed by atoms with E-state index in [9.17, 15) is 9.59 Å². The zero-order valence-corrected chi connectivity index (χ0v) is 11.6. The molecule has 0 N–H and O–H groups in total. The van der Waals surface area contributed by atoms with Gasteiger partial charge in [0.05, 0.1) is 0 Å². The minimum absolute atomic E-state index is 0.169. The highest BCUT2D eigenvalue weighted by Gasteiger charge is 2.15. The van der Waals surface area contributed by atoms with Crippen molar-refractivity contribution in [2.45, 2.75) is 0 Å². The molecule has 0 aromatic heterocycles. The van der Waals surface area contributed by atoms with Crippen molar-refractivity contribution in [2.75, 3.05) is 0 Å². The Morgan fingerprint density at radius 3 is 2.36 bits per heavy atom. The molecule has 0 atom stereocenters. The fourth-order valence-electron chi connectivity index (χ4n) is 2.23. The van der Waals surface area contributed by atoms with Crippen LogP contribution in [0, 0.1) is 0 Å². The van der Waals surface area contributed by atoms with Gasteiger partial charge in [0.25, 0.3) is 6.47 Å². The molecule has 4 heteroatoms. The summed E-state index contributed by atoms with van der Waals surface area (Å²) in [4.78, 5) is 22.8. The Kier molecular flexibility index (Phi) is 3.83. The van der Waals surface area contributed by atoms with Crippen LogP contribution >= 0.6 is 0 Å². The van der Waals surface area contributed by atoms with E-state index in [1.165, 1.54) is 6.07 Å². The van der Waals surface area contributed by atoms with Crippen LogP contribution in [-0.2, 0) is 4.79 Å². The van der Waals surface area contributed by atoms with E-state index in [2.05, 4.69) is 0 Å². The third-order valence-corrected chi connectivity index (χ3v) is 3.23. The van der Waals surface area contributed by atoms with Gasteiger partial charge >= 0.3 is 5.97 Å². The van der Waals surface area contributed by atoms with Crippen LogP contribution in [0.2, 0.25) is 0 Å². The molecular formula is C18H12O4. The summed E-state index contributed by atoms with van der Waals surface area (Å²) in [5.41, 5.74) is 0.197. The van der Waals surface area contributed by atoms with Gasteiger partial charge in [-0.3, -0.25) is 4.79 Å². The lowest BCUT2D eigenvalue weighted by molar-refractivity contribution is -0.120. The summed E-state index contributed by atoms with van der Waals surface area (Å²) >= 11 is 0. The first-order valence-corrected chi connectivity index (χ1v) is 6.69. The standard InChI is InChI=1S/C18H12O4/c19-12-21-16-10-4-3-9-15(16)18(20)22-17-11-5-7-13-6-1-2-8-14(13)17/h1-12H. The van der Waals surface area contributed by atoms with E-state index in [1.54, 1.807) is 24.3 Å². The smallest absolute Gasteiger partial charge is 0.347 e. The molecule has 0 aliphatic heterocycles. The normalized spacial score (nSPS) is 10.2.